The first-order valence-corrected chi connectivity index (χ1v) is 7.43. The molecule has 0 saturated carbocycles. The fraction of sp³-hybridized carbons (Fsp3) is 0.111. The summed E-state index contributed by atoms with van der Waals surface area (Å²) in [6.07, 6.45) is 1.57. The Morgan fingerprint density at radius 1 is 0.960 bits per heavy atom. The molecule has 0 unspecified atom stereocenters. The number of benzene rings is 2. The van der Waals surface area contributed by atoms with Crippen molar-refractivity contribution in [2.75, 3.05) is 0 Å². The molecule has 0 N–H and O–H groups in total. The van der Waals surface area contributed by atoms with Gasteiger partial charge in [0.15, 0.2) is 12.4 Å². The SMILES string of the molecule is O=C(OCc1ccc(F)cc1)c1ccn(COc2ccc(F)cc2)n1. The summed E-state index contributed by atoms with van der Waals surface area (Å²) in [6, 6.07) is 12.7. The maximum Gasteiger partial charge on any atom is 0.359 e. The lowest BCUT2D eigenvalue weighted by atomic mass is 10.2. The molecule has 25 heavy (non-hydrogen) atoms. The second-order valence-corrected chi connectivity index (χ2v) is 5.17. The number of esters is 1. The smallest absolute Gasteiger partial charge is 0.359 e. The topological polar surface area (TPSA) is 53.4 Å². The van der Waals surface area contributed by atoms with Crippen LogP contribution in [0.4, 0.5) is 8.78 Å². The van der Waals surface area contributed by atoms with E-state index in [1.165, 1.54) is 59.3 Å². The second kappa shape index (κ2) is 7.57. The van der Waals surface area contributed by atoms with Crippen molar-refractivity contribution >= 4 is 5.97 Å². The van der Waals surface area contributed by atoms with E-state index in [1.54, 1.807) is 6.20 Å². The van der Waals surface area contributed by atoms with E-state index in [1.807, 2.05) is 0 Å². The first-order valence-electron chi connectivity index (χ1n) is 7.43. The van der Waals surface area contributed by atoms with Gasteiger partial charge in [0.05, 0.1) is 0 Å². The minimum absolute atomic E-state index is 0.0258. The summed E-state index contributed by atoms with van der Waals surface area (Å²) < 4.78 is 37.6. The summed E-state index contributed by atoms with van der Waals surface area (Å²) in [5.74, 6) is -0.810. The van der Waals surface area contributed by atoms with Gasteiger partial charge < -0.3 is 9.47 Å². The molecule has 0 aliphatic rings. The number of carbonyl (C=O) groups excluding carboxylic acids is 1. The molecule has 3 rings (SSSR count). The zero-order valence-corrected chi connectivity index (χ0v) is 13.1. The molecule has 0 fully saturated rings. The first-order chi connectivity index (χ1) is 12.1. The van der Waals surface area contributed by atoms with Crippen LogP contribution in [0.3, 0.4) is 0 Å². The number of rotatable bonds is 6. The van der Waals surface area contributed by atoms with Gasteiger partial charge in [-0.2, -0.15) is 5.10 Å². The summed E-state index contributed by atoms with van der Waals surface area (Å²) in [4.78, 5) is 12.0. The standard InChI is InChI=1S/C18H14F2N2O3/c19-14-3-1-13(2-4-14)11-24-18(23)17-9-10-22(21-17)12-25-16-7-5-15(20)6-8-16/h1-10H,11-12H2. The van der Waals surface area contributed by atoms with Gasteiger partial charge in [0.2, 0.25) is 0 Å². The number of halogens is 2. The summed E-state index contributed by atoms with van der Waals surface area (Å²) in [7, 11) is 0. The Balaban J connectivity index is 1.52. The number of carbonyl (C=O) groups is 1. The number of nitrogens with zero attached hydrogens (tertiary/aromatic N) is 2. The number of hydrogen-bond donors (Lipinski definition) is 0. The van der Waals surface area contributed by atoms with Crippen LogP contribution in [0, 0.1) is 11.6 Å². The van der Waals surface area contributed by atoms with E-state index in [4.69, 9.17) is 9.47 Å². The minimum Gasteiger partial charge on any atom is -0.471 e. The Morgan fingerprint density at radius 2 is 1.60 bits per heavy atom. The molecule has 0 saturated heterocycles. The molecule has 0 spiro atoms. The molecule has 1 heterocycles. The van der Waals surface area contributed by atoms with Gasteiger partial charge in [-0.15, -0.1) is 0 Å². The lowest BCUT2D eigenvalue weighted by Crippen LogP contribution is -2.10. The maximum absolute atomic E-state index is 12.8. The van der Waals surface area contributed by atoms with Crippen molar-refractivity contribution in [1.29, 1.82) is 0 Å². The van der Waals surface area contributed by atoms with Crippen LogP contribution >= 0.6 is 0 Å². The minimum atomic E-state index is -0.593. The second-order valence-electron chi connectivity index (χ2n) is 5.17. The third kappa shape index (κ3) is 4.63. The highest BCUT2D eigenvalue weighted by atomic mass is 19.1. The van der Waals surface area contributed by atoms with Crippen molar-refractivity contribution in [3.63, 3.8) is 0 Å². The van der Waals surface area contributed by atoms with E-state index in [0.717, 1.165) is 0 Å². The van der Waals surface area contributed by atoms with Crippen LogP contribution in [0.1, 0.15) is 16.1 Å². The van der Waals surface area contributed by atoms with Gasteiger partial charge in [-0.1, -0.05) is 12.1 Å². The fourth-order valence-electron chi connectivity index (χ4n) is 2.02. The average molecular weight is 344 g/mol. The van der Waals surface area contributed by atoms with E-state index >= 15 is 0 Å². The van der Waals surface area contributed by atoms with Gasteiger partial charge in [-0.25, -0.2) is 18.3 Å². The molecule has 1 aromatic heterocycles. The van der Waals surface area contributed by atoms with Crippen molar-refractivity contribution < 1.29 is 23.0 Å². The molecule has 7 heteroatoms. The van der Waals surface area contributed by atoms with Crippen LogP contribution in [0.5, 0.6) is 5.75 Å². The largest absolute Gasteiger partial charge is 0.471 e. The van der Waals surface area contributed by atoms with E-state index in [9.17, 15) is 13.6 Å². The van der Waals surface area contributed by atoms with Crippen LogP contribution in [0.2, 0.25) is 0 Å². The molecule has 0 radical (unpaired) electrons. The molecule has 0 amide bonds. The van der Waals surface area contributed by atoms with E-state index < -0.39 is 5.97 Å². The monoisotopic (exact) mass is 344 g/mol. The Morgan fingerprint density at radius 3 is 2.28 bits per heavy atom. The van der Waals surface area contributed by atoms with Crippen molar-refractivity contribution in [3.8, 4) is 5.75 Å². The molecule has 128 valence electrons. The van der Waals surface area contributed by atoms with Gasteiger partial charge in [0.1, 0.15) is 24.0 Å². The molecular weight excluding hydrogens is 330 g/mol. The lowest BCUT2D eigenvalue weighted by Gasteiger charge is -2.06. The van der Waals surface area contributed by atoms with Crippen LogP contribution in [0.25, 0.3) is 0 Å². The zero-order valence-electron chi connectivity index (χ0n) is 13.1. The van der Waals surface area contributed by atoms with Crippen LogP contribution < -0.4 is 4.74 Å². The van der Waals surface area contributed by atoms with Gasteiger partial charge in [0, 0.05) is 6.20 Å². The molecular formula is C18H14F2N2O3. The van der Waals surface area contributed by atoms with Gasteiger partial charge in [-0.3, -0.25) is 0 Å². The number of hydrogen-bond acceptors (Lipinski definition) is 4. The van der Waals surface area contributed by atoms with Gasteiger partial charge in [0.25, 0.3) is 0 Å². The molecule has 3 aromatic rings. The Labute approximate surface area is 142 Å². The highest BCUT2D eigenvalue weighted by Crippen LogP contribution is 2.12. The molecule has 0 aliphatic carbocycles. The Hall–Kier alpha value is -3.22. The average Bonchev–Trinajstić information content (AvgIpc) is 3.10. The van der Waals surface area contributed by atoms with Gasteiger partial charge in [-0.05, 0) is 48.0 Å². The summed E-state index contributed by atoms with van der Waals surface area (Å²) >= 11 is 0. The van der Waals surface area contributed by atoms with Crippen molar-refractivity contribution in [2.45, 2.75) is 13.3 Å². The van der Waals surface area contributed by atoms with Crippen LogP contribution in [-0.2, 0) is 18.1 Å². The highest BCUT2D eigenvalue weighted by Gasteiger charge is 2.11. The normalized spacial score (nSPS) is 10.5. The van der Waals surface area contributed by atoms with Gasteiger partial charge >= 0.3 is 5.97 Å². The third-order valence-electron chi connectivity index (χ3n) is 3.31. The Bertz CT molecular complexity index is 846. The fourth-order valence-corrected chi connectivity index (χ4v) is 2.02. The maximum atomic E-state index is 12.8. The quantitative estimate of drug-likeness (QED) is 0.642. The van der Waals surface area contributed by atoms with E-state index in [-0.39, 0.29) is 30.7 Å². The molecule has 2 aromatic carbocycles. The number of aromatic nitrogens is 2. The first kappa shape index (κ1) is 16.6. The summed E-state index contributed by atoms with van der Waals surface area (Å²) in [6.45, 7) is 0.0922. The summed E-state index contributed by atoms with van der Waals surface area (Å²) in [5.41, 5.74) is 0.804. The lowest BCUT2D eigenvalue weighted by molar-refractivity contribution is 0.0463. The zero-order chi connectivity index (χ0) is 17.6. The number of ether oxygens (including phenoxy) is 2. The predicted molar refractivity (Wildman–Crippen MR) is 84.8 cm³/mol. The van der Waals surface area contributed by atoms with E-state index in [0.29, 0.717) is 11.3 Å². The van der Waals surface area contributed by atoms with Crippen molar-refractivity contribution in [3.05, 3.63) is 83.7 Å². The van der Waals surface area contributed by atoms with Crippen molar-refractivity contribution in [2.24, 2.45) is 0 Å². The van der Waals surface area contributed by atoms with Crippen LogP contribution in [-0.4, -0.2) is 15.7 Å². The Kier molecular flexibility index (Phi) is 5.03. The highest BCUT2D eigenvalue weighted by molar-refractivity contribution is 5.87. The third-order valence-corrected chi connectivity index (χ3v) is 3.31. The van der Waals surface area contributed by atoms with Crippen molar-refractivity contribution in [1.82, 2.24) is 9.78 Å². The predicted octanol–water partition coefficient (Wildman–Crippen LogP) is 3.55. The molecule has 0 aliphatic heterocycles. The van der Waals surface area contributed by atoms with Crippen LogP contribution in [0.15, 0.2) is 60.8 Å². The molecule has 0 bridgehead atoms. The van der Waals surface area contributed by atoms with E-state index in [2.05, 4.69) is 5.10 Å². The molecule has 5 nitrogen and oxygen atoms in total. The summed E-state index contributed by atoms with van der Waals surface area (Å²) in [5, 5.41) is 4.05. The molecule has 0 atom stereocenters.